The molecule has 3 N–H and O–H groups in total. The van der Waals surface area contributed by atoms with Gasteiger partial charge in [0.25, 0.3) is 0 Å². The van der Waals surface area contributed by atoms with Crippen LogP contribution < -0.4 is 15.8 Å². The zero-order valence-electron chi connectivity index (χ0n) is 29.0. The maximum absolute atomic E-state index is 14.4. The molecule has 13 heteroatoms. The minimum absolute atomic E-state index is 0.0147. The van der Waals surface area contributed by atoms with Crippen molar-refractivity contribution in [3.8, 4) is 28.0 Å². The van der Waals surface area contributed by atoms with Crippen LogP contribution in [0.1, 0.15) is 53.4 Å². The minimum atomic E-state index is -2.44. The number of rotatable bonds is 12. The summed E-state index contributed by atoms with van der Waals surface area (Å²) in [6, 6.07) is 27.8. The summed E-state index contributed by atoms with van der Waals surface area (Å²) in [4.78, 5) is 39.3. The molecule has 0 saturated heterocycles. The van der Waals surface area contributed by atoms with Crippen molar-refractivity contribution in [3.63, 3.8) is 0 Å². The predicted molar refractivity (Wildman–Crippen MR) is 190 cm³/mol. The van der Waals surface area contributed by atoms with Crippen LogP contribution in [0, 0.1) is 29.1 Å². The molecule has 2 atom stereocenters. The van der Waals surface area contributed by atoms with Crippen molar-refractivity contribution < 1.29 is 50.5 Å². The number of esters is 2. The Labute approximate surface area is 312 Å². The van der Waals surface area contributed by atoms with Gasteiger partial charge in [0.15, 0.2) is 0 Å². The zero-order valence-corrected chi connectivity index (χ0v) is 29.0. The largest absolute Gasteiger partial charge is 0.464 e. The summed E-state index contributed by atoms with van der Waals surface area (Å²) in [6.07, 6.45) is -1.58. The van der Waals surface area contributed by atoms with Crippen LogP contribution in [0.15, 0.2) is 97.1 Å². The number of nitrogens with one attached hydrogen (secondary N) is 1. The number of benzene rings is 5. The van der Waals surface area contributed by atoms with Crippen molar-refractivity contribution in [2.45, 2.75) is 43.2 Å². The average Bonchev–Trinajstić information content (AvgIpc) is 3.70. The van der Waals surface area contributed by atoms with Crippen LogP contribution in [0.25, 0.3) is 22.3 Å². The van der Waals surface area contributed by atoms with Gasteiger partial charge in [-0.15, -0.1) is 0 Å². The fourth-order valence-electron chi connectivity index (χ4n) is 7.25. The van der Waals surface area contributed by atoms with Crippen molar-refractivity contribution in [1.82, 2.24) is 5.32 Å². The van der Waals surface area contributed by atoms with Gasteiger partial charge in [0, 0.05) is 11.8 Å². The standard InChI is InChI=1S/C42H33F5N2O6/c43-34-35(44)37(46)39(38(47)36(34)45)55-41(51)33(49-42(52)54-21-31-28-16-7-3-12-24(28)25-13-4-8-17-29(25)31)19-9-18-32(48)40(50)53-20-30-26-14-5-1-10-22(26)23-11-2-6-15-27(23)30/h1-8,10-17,30-33H,9,18-21,48H2,(H,49,52)/t32?,33-/m0/s1. The quantitative estimate of drug-likeness (QED) is 0.0435. The highest BCUT2D eigenvalue weighted by Crippen LogP contribution is 2.45. The van der Waals surface area contributed by atoms with E-state index in [9.17, 15) is 36.3 Å². The van der Waals surface area contributed by atoms with Crippen LogP contribution in [0.5, 0.6) is 5.75 Å². The van der Waals surface area contributed by atoms with Crippen LogP contribution >= 0.6 is 0 Å². The first kappa shape index (κ1) is 37.2. The molecule has 5 aromatic rings. The van der Waals surface area contributed by atoms with Crippen LogP contribution in [0.4, 0.5) is 26.7 Å². The Morgan fingerprint density at radius 3 is 1.42 bits per heavy atom. The van der Waals surface area contributed by atoms with Crippen LogP contribution in [-0.2, 0) is 19.1 Å². The lowest BCUT2D eigenvalue weighted by molar-refractivity contribution is -0.145. The number of carbonyl (C=O) groups excluding carboxylic acids is 3. The van der Waals surface area contributed by atoms with E-state index in [-0.39, 0.29) is 44.3 Å². The molecule has 5 aromatic carbocycles. The Hall–Kier alpha value is -6.08. The fourth-order valence-corrected chi connectivity index (χ4v) is 7.25. The number of carbonyl (C=O) groups is 3. The Morgan fingerprint density at radius 1 is 0.564 bits per heavy atom. The van der Waals surface area contributed by atoms with Crippen molar-refractivity contribution in [3.05, 3.63) is 148 Å². The van der Waals surface area contributed by atoms with Gasteiger partial charge in [0.05, 0.1) is 0 Å². The molecule has 8 nitrogen and oxygen atoms in total. The number of halogens is 5. The molecule has 0 aliphatic heterocycles. The Bertz CT molecular complexity index is 2180. The molecular formula is C42H33F5N2O6. The molecule has 0 saturated carbocycles. The number of fused-ring (bicyclic) bond motifs is 6. The molecule has 0 radical (unpaired) electrons. The summed E-state index contributed by atoms with van der Waals surface area (Å²) in [6.45, 7) is -0.146. The third-order valence-corrected chi connectivity index (χ3v) is 9.96. The molecule has 0 bridgehead atoms. The normalized spacial score (nSPS) is 13.9. The van der Waals surface area contributed by atoms with E-state index >= 15 is 0 Å². The molecule has 0 aromatic heterocycles. The molecule has 1 amide bonds. The molecule has 0 heterocycles. The van der Waals surface area contributed by atoms with Gasteiger partial charge in [-0.2, -0.15) is 8.78 Å². The first-order valence-electron chi connectivity index (χ1n) is 17.5. The summed E-state index contributed by atoms with van der Waals surface area (Å²) >= 11 is 0. The lowest BCUT2D eigenvalue weighted by atomic mass is 9.98. The maximum Gasteiger partial charge on any atom is 0.407 e. The Kier molecular flexibility index (Phi) is 10.6. The van der Waals surface area contributed by atoms with E-state index in [0.717, 1.165) is 44.5 Å². The van der Waals surface area contributed by atoms with E-state index in [1.807, 2.05) is 97.1 Å². The van der Waals surface area contributed by atoms with Gasteiger partial charge >= 0.3 is 18.0 Å². The summed E-state index contributed by atoms with van der Waals surface area (Å²) in [5, 5.41) is 2.27. The monoisotopic (exact) mass is 756 g/mol. The number of ether oxygens (including phenoxy) is 3. The number of nitrogens with two attached hydrogens (primary N) is 1. The smallest absolute Gasteiger partial charge is 0.407 e. The molecule has 7 rings (SSSR count). The molecule has 55 heavy (non-hydrogen) atoms. The summed E-state index contributed by atoms with van der Waals surface area (Å²) in [5.41, 5.74) is 13.9. The second-order valence-electron chi connectivity index (χ2n) is 13.2. The van der Waals surface area contributed by atoms with Gasteiger partial charge in [-0.05, 0) is 63.8 Å². The molecular weight excluding hydrogens is 723 g/mol. The van der Waals surface area contributed by atoms with Gasteiger partial charge in [-0.1, -0.05) is 97.1 Å². The number of hydrogen-bond donors (Lipinski definition) is 2. The molecule has 1 unspecified atom stereocenters. The topological polar surface area (TPSA) is 117 Å². The second-order valence-corrected chi connectivity index (χ2v) is 13.2. The zero-order chi connectivity index (χ0) is 38.8. The first-order chi connectivity index (χ1) is 26.5. The Balaban J connectivity index is 1.01. The highest BCUT2D eigenvalue weighted by molar-refractivity contribution is 5.84. The van der Waals surface area contributed by atoms with E-state index in [1.54, 1.807) is 0 Å². The maximum atomic E-state index is 14.4. The molecule has 282 valence electrons. The SMILES string of the molecule is NC(CCC[C@H](NC(=O)OCC1c2ccccc2-c2ccccc21)C(=O)Oc1c(F)c(F)c(F)c(F)c1F)C(=O)OCC1c2ccccc2-c2ccccc21. The van der Waals surface area contributed by atoms with Gasteiger partial charge in [-0.3, -0.25) is 4.79 Å². The fraction of sp³-hybridized carbons (Fsp3) is 0.214. The van der Waals surface area contributed by atoms with Gasteiger partial charge in [-0.25, -0.2) is 22.8 Å². The number of amides is 1. The van der Waals surface area contributed by atoms with Crippen molar-refractivity contribution in [2.24, 2.45) is 5.73 Å². The second kappa shape index (κ2) is 15.7. The van der Waals surface area contributed by atoms with E-state index in [1.165, 1.54) is 0 Å². The molecule has 0 spiro atoms. The lowest BCUT2D eigenvalue weighted by Crippen LogP contribution is -2.44. The van der Waals surface area contributed by atoms with E-state index in [2.05, 4.69) is 10.1 Å². The molecule has 0 fully saturated rings. The highest BCUT2D eigenvalue weighted by Gasteiger charge is 2.34. The van der Waals surface area contributed by atoms with Crippen molar-refractivity contribution in [1.29, 1.82) is 0 Å². The summed E-state index contributed by atoms with van der Waals surface area (Å²) in [5.74, 6) is -16.5. The Morgan fingerprint density at radius 2 is 0.964 bits per heavy atom. The van der Waals surface area contributed by atoms with Crippen molar-refractivity contribution >= 4 is 18.0 Å². The van der Waals surface area contributed by atoms with Gasteiger partial charge in [0.1, 0.15) is 25.3 Å². The number of hydrogen-bond acceptors (Lipinski definition) is 7. The van der Waals surface area contributed by atoms with Gasteiger partial charge in [0.2, 0.25) is 34.8 Å². The predicted octanol–water partition coefficient (Wildman–Crippen LogP) is 8.05. The summed E-state index contributed by atoms with van der Waals surface area (Å²) in [7, 11) is 0. The highest BCUT2D eigenvalue weighted by atomic mass is 19.2. The third-order valence-electron chi connectivity index (χ3n) is 9.96. The van der Waals surface area contributed by atoms with E-state index < -0.39 is 65.0 Å². The number of alkyl carbamates (subject to hydrolysis) is 1. The molecule has 2 aliphatic rings. The van der Waals surface area contributed by atoms with Crippen molar-refractivity contribution in [2.75, 3.05) is 13.2 Å². The van der Waals surface area contributed by atoms with Gasteiger partial charge < -0.3 is 25.3 Å². The first-order valence-corrected chi connectivity index (χ1v) is 17.5. The average molecular weight is 757 g/mol. The lowest BCUT2D eigenvalue weighted by Gasteiger charge is -2.20. The minimum Gasteiger partial charge on any atom is -0.464 e. The van der Waals surface area contributed by atoms with Crippen LogP contribution in [0.3, 0.4) is 0 Å². The van der Waals surface area contributed by atoms with Crippen LogP contribution in [-0.4, -0.2) is 43.3 Å². The summed E-state index contributed by atoms with van der Waals surface area (Å²) < 4.78 is 86.1. The third kappa shape index (κ3) is 7.27. The van der Waals surface area contributed by atoms with Crippen LogP contribution in [0.2, 0.25) is 0 Å². The molecule has 2 aliphatic carbocycles. The van der Waals surface area contributed by atoms with E-state index in [4.69, 9.17) is 15.2 Å². The van der Waals surface area contributed by atoms with E-state index in [0.29, 0.717) is 0 Å².